The molecule has 0 bridgehead atoms. The molecule has 1 unspecified atom stereocenters. The maximum Gasteiger partial charge on any atom is 0.213 e. The molecule has 1 aliphatic rings. The van der Waals surface area contributed by atoms with Crippen molar-refractivity contribution in [2.45, 2.75) is 25.9 Å². The molecule has 1 N–H and O–H groups in total. The van der Waals surface area contributed by atoms with Crippen LogP contribution in [0.25, 0.3) is 0 Å². The number of pyridine rings is 1. The van der Waals surface area contributed by atoms with Crippen molar-refractivity contribution in [1.29, 1.82) is 0 Å². The minimum atomic E-state index is 0. The average Bonchev–Trinajstić information content (AvgIpc) is 2.19. The van der Waals surface area contributed by atoms with E-state index in [1.165, 1.54) is 6.42 Å². The van der Waals surface area contributed by atoms with Gasteiger partial charge in [-0.25, -0.2) is 4.98 Å². The number of piperidine rings is 1. The third-order valence-corrected chi connectivity index (χ3v) is 2.40. The maximum absolute atomic E-state index is 5.76. The Morgan fingerprint density at radius 2 is 2.19 bits per heavy atom. The van der Waals surface area contributed by atoms with E-state index in [-0.39, 0.29) is 30.9 Å². The highest BCUT2D eigenvalue weighted by molar-refractivity contribution is 5.85. The van der Waals surface area contributed by atoms with E-state index in [1.54, 1.807) is 0 Å². The van der Waals surface area contributed by atoms with Gasteiger partial charge >= 0.3 is 0 Å². The normalized spacial score (nSPS) is 19.2. The van der Waals surface area contributed by atoms with Crippen LogP contribution in [0.5, 0.6) is 5.88 Å². The fourth-order valence-corrected chi connectivity index (χ4v) is 1.67. The second-order valence-corrected chi connectivity index (χ2v) is 3.70. The van der Waals surface area contributed by atoms with Gasteiger partial charge in [0, 0.05) is 18.3 Å². The lowest BCUT2D eigenvalue weighted by Gasteiger charge is -2.23. The molecule has 0 amide bonds. The first kappa shape index (κ1) is 15.5. The predicted molar refractivity (Wildman–Crippen MR) is 70.0 cm³/mol. The lowest BCUT2D eigenvalue weighted by Crippen LogP contribution is -2.37. The highest BCUT2D eigenvalue weighted by Gasteiger charge is 2.14. The zero-order chi connectivity index (χ0) is 9.80. The van der Waals surface area contributed by atoms with Gasteiger partial charge in [-0.15, -0.1) is 24.8 Å². The molecular weight excluding hydrogens is 247 g/mol. The zero-order valence-electron chi connectivity index (χ0n) is 9.31. The first-order valence-corrected chi connectivity index (χ1v) is 5.15. The van der Waals surface area contributed by atoms with Crippen LogP contribution in [0.15, 0.2) is 18.2 Å². The lowest BCUT2D eigenvalue weighted by atomic mass is 10.1. The minimum absolute atomic E-state index is 0. The van der Waals surface area contributed by atoms with Crippen LogP contribution in [0.4, 0.5) is 0 Å². The van der Waals surface area contributed by atoms with Crippen molar-refractivity contribution < 1.29 is 4.74 Å². The van der Waals surface area contributed by atoms with Crippen LogP contribution in [0, 0.1) is 6.92 Å². The summed E-state index contributed by atoms with van der Waals surface area (Å²) in [6, 6.07) is 5.88. The molecule has 5 heteroatoms. The van der Waals surface area contributed by atoms with Crippen molar-refractivity contribution in [1.82, 2.24) is 10.3 Å². The third kappa shape index (κ3) is 4.56. The summed E-state index contributed by atoms with van der Waals surface area (Å²) in [5.74, 6) is 0.749. The Morgan fingerprint density at radius 3 is 2.81 bits per heavy atom. The van der Waals surface area contributed by atoms with Crippen LogP contribution >= 0.6 is 24.8 Å². The highest BCUT2D eigenvalue weighted by atomic mass is 35.5. The van der Waals surface area contributed by atoms with E-state index in [0.29, 0.717) is 0 Å². The summed E-state index contributed by atoms with van der Waals surface area (Å²) in [4.78, 5) is 4.32. The molecular formula is C11H18Cl2N2O. The second kappa shape index (κ2) is 7.71. The Morgan fingerprint density at radius 1 is 1.38 bits per heavy atom. The van der Waals surface area contributed by atoms with E-state index in [9.17, 15) is 0 Å². The molecule has 0 saturated carbocycles. The van der Waals surface area contributed by atoms with Gasteiger partial charge in [0.05, 0.1) is 0 Å². The first-order chi connectivity index (χ1) is 6.84. The summed E-state index contributed by atoms with van der Waals surface area (Å²) in [6.07, 6.45) is 2.61. The van der Waals surface area contributed by atoms with Crippen LogP contribution in [-0.2, 0) is 0 Å². The van der Waals surface area contributed by atoms with Gasteiger partial charge in [0.1, 0.15) is 6.10 Å². The Hall–Kier alpha value is -0.510. The molecule has 0 spiro atoms. The SMILES string of the molecule is Cc1cccc(OC2CCCNC2)n1.Cl.Cl. The van der Waals surface area contributed by atoms with Gasteiger partial charge in [-0.05, 0) is 32.4 Å². The Kier molecular flexibility index (Phi) is 7.47. The van der Waals surface area contributed by atoms with Gasteiger partial charge in [-0.3, -0.25) is 0 Å². The van der Waals surface area contributed by atoms with Gasteiger partial charge in [-0.2, -0.15) is 0 Å². The van der Waals surface area contributed by atoms with Crippen molar-refractivity contribution in [3.05, 3.63) is 23.9 Å². The maximum atomic E-state index is 5.76. The number of aromatic nitrogens is 1. The number of hydrogen-bond donors (Lipinski definition) is 1. The topological polar surface area (TPSA) is 34.1 Å². The van der Waals surface area contributed by atoms with Crippen LogP contribution in [0.3, 0.4) is 0 Å². The van der Waals surface area contributed by atoms with E-state index in [0.717, 1.165) is 31.1 Å². The Balaban J connectivity index is 0.00000112. The molecule has 1 aromatic rings. The quantitative estimate of drug-likeness (QED) is 0.891. The van der Waals surface area contributed by atoms with Crippen molar-refractivity contribution >= 4 is 24.8 Å². The van der Waals surface area contributed by atoms with Gasteiger partial charge < -0.3 is 10.1 Å². The summed E-state index contributed by atoms with van der Waals surface area (Å²) in [5, 5.41) is 3.32. The smallest absolute Gasteiger partial charge is 0.213 e. The molecule has 0 radical (unpaired) electrons. The standard InChI is InChI=1S/C11H16N2O.2ClH/c1-9-4-2-6-11(13-9)14-10-5-3-7-12-8-10;;/h2,4,6,10,12H,3,5,7-8H2,1H3;2*1H. The molecule has 1 fully saturated rings. The Bertz CT molecular complexity index is 304. The minimum Gasteiger partial charge on any atom is -0.473 e. The van der Waals surface area contributed by atoms with Crippen molar-refractivity contribution in [3.8, 4) is 5.88 Å². The third-order valence-electron chi connectivity index (χ3n) is 2.40. The van der Waals surface area contributed by atoms with Gasteiger partial charge in [0.25, 0.3) is 0 Å². The molecule has 92 valence electrons. The number of nitrogens with zero attached hydrogens (tertiary/aromatic N) is 1. The zero-order valence-corrected chi connectivity index (χ0v) is 10.9. The molecule has 2 rings (SSSR count). The molecule has 1 aromatic heterocycles. The van der Waals surface area contributed by atoms with Gasteiger partial charge in [0.15, 0.2) is 0 Å². The summed E-state index contributed by atoms with van der Waals surface area (Å²) in [5.41, 5.74) is 1.01. The van der Waals surface area contributed by atoms with Crippen LogP contribution in [0.2, 0.25) is 0 Å². The summed E-state index contributed by atoms with van der Waals surface area (Å²) in [6.45, 7) is 4.03. The van der Waals surface area contributed by atoms with Crippen molar-refractivity contribution in [2.75, 3.05) is 13.1 Å². The molecule has 1 aliphatic heterocycles. The summed E-state index contributed by atoms with van der Waals surface area (Å²) < 4.78 is 5.76. The van der Waals surface area contributed by atoms with Crippen LogP contribution in [-0.4, -0.2) is 24.2 Å². The number of ether oxygens (including phenoxy) is 1. The van der Waals surface area contributed by atoms with E-state index in [1.807, 2.05) is 25.1 Å². The summed E-state index contributed by atoms with van der Waals surface area (Å²) in [7, 11) is 0. The molecule has 3 nitrogen and oxygen atoms in total. The fraction of sp³-hybridized carbons (Fsp3) is 0.545. The van der Waals surface area contributed by atoms with E-state index >= 15 is 0 Å². The number of halogens is 2. The van der Waals surface area contributed by atoms with Crippen LogP contribution in [0.1, 0.15) is 18.5 Å². The number of rotatable bonds is 2. The highest BCUT2D eigenvalue weighted by Crippen LogP contribution is 2.13. The largest absolute Gasteiger partial charge is 0.473 e. The first-order valence-electron chi connectivity index (χ1n) is 5.15. The second-order valence-electron chi connectivity index (χ2n) is 3.70. The average molecular weight is 265 g/mol. The molecule has 2 heterocycles. The summed E-state index contributed by atoms with van der Waals surface area (Å²) >= 11 is 0. The van der Waals surface area contributed by atoms with Crippen LogP contribution < -0.4 is 10.1 Å². The number of aryl methyl sites for hydroxylation is 1. The van der Waals surface area contributed by atoms with Gasteiger partial charge in [0.2, 0.25) is 5.88 Å². The molecule has 1 saturated heterocycles. The molecule has 1 atom stereocenters. The van der Waals surface area contributed by atoms with E-state index in [2.05, 4.69) is 10.3 Å². The predicted octanol–water partition coefficient (Wildman–Crippen LogP) is 2.36. The number of hydrogen-bond acceptors (Lipinski definition) is 3. The lowest BCUT2D eigenvalue weighted by molar-refractivity contribution is 0.160. The van der Waals surface area contributed by atoms with Crippen molar-refractivity contribution in [3.63, 3.8) is 0 Å². The van der Waals surface area contributed by atoms with E-state index < -0.39 is 0 Å². The molecule has 0 aromatic carbocycles. The van der Waals surface area contributed by atoms with Crippen molar-refractivity contribution in [2.24, 2.45) is 0 Å². The van der Waals surface area contributed by atoms with E-state index in [4.69, 9.17) is 4.74 Å². The van der Waals surface area contributed by atoms with Gasteiger partial charge in [-0.1, -0.05) is 6.07 Å². The Labute approximate surface area is 109 Å². The molecule has 16 heavy (non-hydrogen) atoms. The molecule has 0 aliphatic carbocycles. The fourth-order valence-electron chi connectivity index (χ4n) is 1.67. The monoisotopic (exact) mass is 264 g/mol. The number of nitrogens with one attached hydrogen (secondary N) is 1.